The van der Waals surface area contributed by atoms with Crippen molar-refractivity contribution in [1.29, 1.82) is 5.26 Å². The number of benzene rings is 3. The predicted octanol–water partition coefficient (Wildman–Crippen LogP) is 4.05. The minimum atomic E-state index is -0.222. The lowest BCUT2D eigenvalue weighted by Crippen LogP contribution is -2.55. The number of rotatable bonds is 4. The average molecular weight is 523 g/mol. The molecule has 0 aromatic heterocycles. The van der Waals surface area contributed by atoms with E-state index in [9.17, 15) is 10.1 Å². The topological polar surface area (TPSA) is 99.0 Å². The molecular formula is C30H34N8O. The summed E-state index contributed by atoms with van der Waals surface area (Å²) < 4.78 is 0. The van der Waals surface area contributed by atoms with Gasteiger partial charge < -0.3 is 25.3 Å². The van der Waals surface area contributed by atoms with E-state index >= 15 is 0 Å². The first-order valence-electron chi connectivity index (χ1n) is 13.2. The molecule has 2 aliphatic rings. The quantitative estimate of drug-likeness (QED) is 0.207. The number of anilines is 2. The standard InChI is InChI=1S/C30H34N8O/c1-36(2)25-13-11-24(12-14-25)34-30(39)38-18-17-37(20-28(38)22-7-4-3-5-8-22)29(33-21-31)35-27-10-6-9-23-19-32-16-15-26(23)27/h3-14,28,32H,15-20H2,1-2H3,(H,33,35)(H,34,39). The number of carbonyl (C=O) groups is 1. The molecule has 200 valence electrons. The second-order valence-corrected chi connectivity index (χ2v) is 9.95. The third-order valence-corrected chi connectivity index (χ3v) is 7.27. The lowest BCUT2D eigenvalue weighted by molar-refractivity contribution is 0.135. The van der Waals surface area contributed by atoms with E-state index in [1.807, 2.05) is 90.6 Å². The highest BCUT2D eigenvalue weighted by Crippen LogP contribution is 2.29. The predicted molar refractivity (Wildman–Crippen MR) is 155 cm³/mol. The van der Waals surface area contributed by atoms with Crippen molar-refractivity contribution in [3.8, 4) is 6.19 Å². The van der Waals surface area contributed by atoms with Crippen molar-refractivity contribution in [2.24, 2.45) is 4.99 Å². The molecular weight excluding hydrogens is 488 g/mol. The van der Waals surface area contributed by atoms with Crippen LogP contribution in [0.1, 0.15) is 22.7 Å². The Bertz CT molecular complexity index is 1360. The van der Waals surface area contributed by atoms with Gasteiger partial charge in [0.05, 0.1) is 11.7 Å². The van der Waals surface area contributed by atoms with E-state index in [1.54, 1.807) is 0 Å². The Labute approximate surface area is 229 Å². The lowest BCUT2D eigenvalue weighted by atomic mass is 9.99. The van der Waals surface area contributed by atoms with Crippen molar-refractivity contribution in [2.75, 3.05) is 50.5 Å². The molecule has 39 heavy (non-hydrogen) atoms. The Kier molecular flexibility index (Phi) is 7.94. The Morgan fingerprint density at radius 2 is 1.85 bits per heavy atom. The molecule has 2 aliphatic heterocycles. The number of nitrogens with zero attached hydrogens (tertiary/aromatic N) is 5. The highest BCUT2D eigenvalue weighted by atomic mass is 16.2. The lowest BCUT2D eigenvalue weighted by Gasteiger charge is -2.42. The summed E-state index contributed by atoms with van der Waals surface area (Å²) in [5.41, 5.74) is 6.17. The fraction of sp³-hybridized carbons (Fsp3) is 0.300. The van der Waals surface area contributed by atoms with Crippen LogP contribution in [0.4, 0.5) is 21.9 Å². The summed E-state index contributed by atoms with van der Waals surface area (Å²) in [7, 11) is 3.97. The number of hydrogen-bond acceptors (Lipinski definition) is 5. The van der Waals surface area contributed by atoms with Gasteiger partial charge in [0, 0.05) is 51.6 Å². The molecule has 5 rings (SSSR count). The van der Waals surface area contributed by atoms with E-state index < -0.39 is 0 Å². The molecule has 0 spiro atoms. The van der Waals surface area contributed by atoms with Crippen LogP contribution < -0.4 is 20.9 Å². The monoisotopic (exact) mass is 522 g/mol. The summed E-state index contributed by atoms with van der Waals surface area (Å²) >= 11 is 0. The van der Waals surface area contributed by atoms with Crippen molar-refractivity contribution in [3.63, 3.8) is 0 Å². The van der Waals surface area contributed by atoms with Crippen LogP contribution in [0.3, 0.4) is 0 Å². The maximum absolute atomic E-state index is 13.5. The van der Waals surface area contributed by atoms with Gasteiger partial charge in [-0.05, 0) is 60.0 Å². The number of carbonyl (C=O) groups excluding carboxylic acids is 1. The average Bonchev–Trinajstić information content (AvgIpc) is 2.97. The van der Waals surface area contributed by atoms with Gasteiger partial charge in [0.25, 0.3) is 0 Å². The van der Waals surface area contributed by atoms with Gasteiger partial charge in [0.1, 0.15) is 0 Å². The van der Waals surface area contributed by atoms with Crippen molar-refractivity contribution >= 4 is 29.1 Å². The first-order valence-corrected chi connectivity index (χ1v) is 13.2. The molecule has 9 nitrogen and oxygen atoms in total. The first-order chi connectivity index (χ1) is 19.0. The van der Waals surface area contributed by atoms with Crippen LogP contribution in [-0.4, -0.2) is 62.1 Å². The second kappa shape index (κ2) is 11.9. The van der Waals surface area contributed by atoms with Gasteiger partial charge in [-0.15, -0.1) is 0 Å². The number of aliphatic imine (C=N–C) groups is 1. The number of urea groups is 1. The number of guanidine groups is 1. The van der Waals surface area contributed by atoms with Crippen molar-refractivity contribution < 1.29 is 4.79 Å². The van der Waals surface area contributed by atoms with E-state index in [4.69, 9.17) is 4.99 Å². The molecule has 0 aliphatic carbocycles. The Morgan fingerprint density at radius 3 is 2.59 bits per heavy atom. The molecule has 2 amide bonds. The molecule has 2 heterocycles. The van der Waals surface area contributed by atoms with E-state index in [1.165, 1.54) is 11.1 Å². The molecule has 0 radical (unpaired) electrons. The van der Waals surface area contributed by atoms with Gasteiger partial charge in [0.15, 0.2) is 6.19 Å². The zero-order valence-electron chi connectivity index (χ0n) is 22.4. The van der Waals surface area contributed by atoms with Crippen LogP contribution in [0.25, 0.3) is 0 Å². The van der Waals surface area contributed by atoms with Crippen LogP contribution in [-0.2, 0) is 13.0 Å². The molecule has 1 unspecified atom stereocenters. The van der Waals surface area contributed by atoms with Crippen LogP contribution in [0.2, 0.25) is 0 Å². The van der Waals surface area contributed by atoms with Crippen molar-refractivity contribution in [3.05, 3.63) is 89.5 Å². The Morgan fingerprint density at radius 1 is 1.05 bits per heavy atom. The Balaban J connectivity index is 1.40. The van der Waals surface area contributed by atoms with Crippen LogP contribution in [0.5, 0.6) is 0 Å². The summed E-state index contributed by atoms with van der Waals surface area (Å²) in [6, 6.07) is 23.6. The van der Waals surface area contributed by atoms with Crippen molar-refractivity contribution in [2.45, 2.75) is 19.0 Å². The van der Waals surface area contributed by atoms with E-state index in [-0.39, 0.29) is 12.1 Å². The van der Waals surface area contributed by atoms with Gasteiger partial charge in [-0.2, -0.15) is 5.26 Å². The maximum atomic E-state index is 13.5. The summed E-state index contributed by atoms with van der Waals surface area (Å²) in [5, 5.41) is 18.9. The summed E-state index contributed by atoms with van der Waals surface area (Å²) in [5.74, 6) is 0.504. The number of amides is 2. The largest absolute Gasteiger partial charge is 0.378 e. The van der Waals surface area contributed by atoms with Crippen LogP contribution >= 0.6 is 0 Å². The zero-order chi connectivity index (χ0) is 27.2. The van der Waals surface area contributed by atoms with Gasteiger partial charge in [-0.1, -0.05) is 42.5 Å². The van der Waals surface area contributed by atoms with Gasteiger partial charge in [-0.3, -0.25) is 5.32 Å². The smallest absolute Gasteiger partial charge is 0.322 e. The molecule has 1 fully saturated rings. The van der Waals surface area contributed by atoms with E-state index in [2.05, 4.69) is 33.1 Å². The molecule has 3 aromatic rings. The fourth-order valence-electron chi connectivity index (χ4n) is 5.18. The molecule has 0 bridgehead atoms. The van der Waals surface area contributed by atoms with Crippen LogP contribution in [0, 0.1) is 11.5 Å². The SMILES string of the molecule is CN(C)c1ccc(NC(=O)N2CCN(C(=Nc3cccc4c3CCNC4)NC#N)CC2c2ccccc2)cc1. The molecule has 9 heteroatoms. The van der Waals surface area contributed by atoms with Crippen molar-refractivity contribution in [1.82, 2.24) is 20.4 Å². The van der Waals surface area contributed by atoms with Gasteiger partial charge in [-0.25, -0.2) is 9.79 Å². The summed E-state index contributed by atoms with van der Waals surface area (Å²) in [6.45, 7) is 3.25. The van der Waals surface area contributed by atoms with Gasteiger partial charge in [0.2, 0.25) is 5.96 Å². The number of fused-ring (bicyclic) bond motifs is 1. The van der Waals surface area contributed by atoms with Gasteiger partial charge >= 0.3 is 6.03 Å². The molecule has 0 saturated carbocycles. The van der Waals surface area contributed by atoms with E-state index in [0.717, 1.165) is 42.1 Å². The number of hydrogen-bond donors (Lipinski definition) is 3. The normalized spacial score (nSPS) is 17.2. The maximum Gasteiger partial charge on any atom is 0.322 e. The second-order valence-electron chi connectivity index (χ2n) is 9.95. The highest BCUT2D eigenvalue weighted by molar-refractivity contribution is 5.90. The fourth-order valence-corrected chi connectivity index (χ4v) is 5.18. The summed E-state index contributed by atoms with van der Waals surface area (Å²) in [4.78, 5) is 24.4. The van der Waals surface area contributed by atoms with Crippen LogP contribution in [0.15, 0.2) is 77.8 Å². The third-order valence-electron chi connectivity index (χ3n) is 7.27. The number of nitrogens with one attached hydrogen (secondary N) is 3. The molecule has 1 saturated heterocycles. The molecule has 1 atom stereocenters. The number of nitriles is 1. The minimum absolute atomic E-state index is 0.155. The minimum Gasteiger partial charge on any atom is -0.378 e. The highest BCUT2D eigenvalue weighted by Gasteiger charge is 2.33. The van der Waals surface area contributed by atoms with E-state index in [0.29, 0.717) is 25.6 Å². The summed E-state index contributed by atoms with van der Waals surface area (Å²) in [6.07, 6.45) is 2.96. The first kappa shape index (κ1) is 26.1. The Hall–Kier alpha value is -4.55. The number of piperazine rings is 1. The molecule has 3 aromatic carbocycles. The molecule has 3 N–H and O–H groups in total. The zero-order valence-corrected chi connectivity index (χ0v) is 22.4. The third kappa shape index (κ3) is 5.97.